The van der Waals surface area contributed by atoms with Gasteiger partial charge in [0.25, 0.3) is 0 Å². The van der Waals surface area contributed by atoms with Gasteiger partial charge in [0.05, 0.1) is 5.69 Å². The Morgan fingerprint density at radius 3 is 2.56 bits per heavy atom. The van der Waals surface area contributed by atoms with Gasteiger partial charge in [-0.1, -0.05) is 26.0 Å². The molecule has 0 spiro atoms. The van der Waals surface area contributed by atoms with E-state index in [9.17, 15) is 9.18 Å². The molecule has 3 nitrogen and oxygen atoms in total. The lowest BCUT2D eigenvalue weighted by Crippen LogP contribution is -2.60. The molecule has 1 aliphatic rings. The molecular weight excluding hydrogens is 231 g/mol. The lowest BCUT2D eigenvalue weighted by atomic mass is 9.63. The van der Waals surface area contributed by atoms with Crippen molar-refractivity contribution in [1.29, 1.82) is 0 Å². The molecule has 18 heavy (non-hydrogen) atoms. The van der Waals surface area contributed by atoms with Crippen LogP contribution in [0.25, 0.3) is 0 Å². The van der Waals surface area contributed by atoms with Crippen molar-refractivity contribution in [3.05, 3.63) is 30.1 Å². The first-order chi connectivity index (χ1) is 8.44. The normalized spacial score (nSPS) is 26.8. The van der Waals surface area contributed by atoms with Gasteiger partial charge in [0, 0.05) is 0 Å². The third-order valence-corrected chi connectivity index (χ3v) is 3.88. The highest BCUT2D eigenvalue weighted by Crippen LogP contribution is 2.44. The summed E-state index contributed by atoms with van der Waals surface area (Å²) in [7, 11) is 0. The maximum atomic E-state index is 13.6. The summed E-state index contributed by atoms with van der Waals surface area (Å²) in [6.07, 6.45) is 1.35. The van der Waals surface area contributed by atoms with E-state index < -0.39 is 11.4 Å². The van der Waals surface area contributed by atoms with Gasteiger partial charge < -0.3 is 11.1 Å². The smallest absolute Gasteiger partial charge is 0.243 e. The first kappa shape index (κ1) is 12.9. The fourth-order valence-electron chi connectivity index (χ4n) is 2.49. The molecule has 0 heterocycles. The largest absolute Gasteiger partial charge is 0.369 e. The van der Waals surface area contributed by atoms with Crippen molar-refractivity contribution in [2.75, 3.05) is 5.32 Å². The Balaban J connectivity index is 2.15. The van der Waals surface area contributed by atoms with Crippen LogP contribution in [-0.2, 0) is 4.79 Å². The van der Waals surface area contributed by atoms with E-state index in [0.717, 1.165) is 0 Å². The van der Waals surface area contributed by atoms with Crippen LogP contribution in [0.15, 0.2) is 24.3 Å². The molecule has 0 saturated heterocycles. The summed E-state index contributed by atoms with van der Waals surface area (Å²) in [6.45, 7) is 4.25. The minimum absolute atomic E-state index is 0.346. The number of anilines is 1. The molecule has 1 amide bonds. The van der Waals surface area contributed by atoms with Crippen molar-refractivity contribution in [2.24, 2.45) is 17.6 Å². The van der Waals surface area contributed by atoms with Crippen molar-refractivity contribution in [3.63, 3.8) is 0 Å². The van der Waals surface area contributed by atoms with Crippen LogP contribution < -0.4 is 11.1 Å². The number of nitrogens with two attached hydrogens (primary N) is 1. The van der Waals surface area contributed by atoms with Gasteiger partial charge in [-0.2, -0.15) is 0 Å². The Morgan fingerprint density at radius 1 is 1.44 bits per heavy atom. The van der Waals surface area contributed by atoms with E-state index in [1.54, 1.807) is 18.2 Å². The molecule has 1 fully saturated rings. The number of primary amides is 1. The second-order valence-corrected chi connectivity index (χ2v) is 5.46. The molecule has 1 aliphatic carbocycles. The van der Waals surface area contributed by atoms with Crippen LogP contribution in [0.1, 0.15) is 26.7 Å². The molecule has 1 aromatic carbocycles. The zero-order valence-corrected chi connectivity index (χ0v) is 10.7. The van der Waals surface area contributed by atoms with Gasteiger partial charge in [-0.25, -0.2) is 4.39 Å². The zero-order chi connectivity index (χ0) is 13.3. The second kappa shape index (κ2) is 4.59. The average Bonchev–Trinajstić information content (AvgIpc) is 2.24. The number of hydrogen-bond acceptors (Lipinski definition) is 2. The number of benzene rings is 1. The summed E-state index contributed by atoms with van der Waals surface area (Å²) >= 11 is 0. The molecule has 0 radical (unpaired) electrons. The molecule has 1 aromatic rings. The average molecular weight is 250 g/mol. The van der Waals surface area contributed by atoms with Crippen molar-refractivity contribution >= 4 is 11.6 Å². The quantitative estimate of drug-likeness (QED) is 0.862. The van der Waals surface area contributed by atoms with Crippen LogP contribution in [0.3, 0.4) is 0 Å². The Bertz CT molecular complexity index is 453. The zero-order valence-electron chi connectivity index (χ0n) is 10.7. The summed E-state index contributed by atoms with van der Waals surface area (Å²) in [5, 5.41) is 2.99. The third-order valence-electron chi connectivity index (χ3n) is 3.88. The number of nitrogens with one attached hydrogen (secondary N) is 1. The fraction of sp³-hybridized carbons (Fsp3) is 0.500. The molecule has 0 aliphatic heterocycles. The maximum absolute atomic E-state index is 13.6. The molecule has 2 rings (SSSR count). The van der Waals surface area contributed by atoms with Crippen LogP contribution >= 0.6 is 0 Å². The van der Waals surface area contributed by atoms with E-state index in [1.165, 1.54) is 6.07 Å². The van der Waals surface area contributed by atoms with Crippen molar-refractivity contribution < 1.29 is 9.18 Å². The van der Waals surface area contributed by atoms with Crippen LogP contribution in [0, 0.1) is 17.7 Å². The van der Waals surface area contributed by atoms with E-state index in [-0.39, 0.29) is 5.82 Å². The molecule has 98 valence electrons. The summed E-state index contributed by atoms with van der Waals surface area (Å²) < 4.78 is 13.6. The van der Waals surface area contributed by atoms with Crippen molar-refractivity contribution in [3.8, 4) is 0 Å². The Kier molecular flexibility index (Phi) is 3.28. The van der Waals surface area contributed by atoms with Gasteiger partial charge in [0.1, 0.15) is 11.4 Å². The van der Waals surface area contributed by atoms with E-state index in [1.807, 2.05) is 0 Å². The predicted octanol–water partition coefficient (Wildman–Crippen LogP) is 2.53. The van der Waals surface area contributed by atoms with E-state index in [4.69, 9.17) is 5.73 Å². The Hall–Kier alpha value is -1.58. The standard InChI is InChI=1S/C14H19FN2O/c1-9(2)10-7-14(8-10,13(16)18)17-12-6-4-3-5-11(12)15/h3-6,9-10,17H,7-8H2,1-2H3,(H2,16,18). The molecule has 0 atom stereocenters. The molecule has 0 unspecified atom stereocenters. The monoisotopic (exact) mass is 250 g/mol. The maximum Gasteiger partial charge on any atom is 0.243 e. The number of hydrogen-bond donors (Lipinski definition) is 2. The molecular formula is C14H19FN2O. The minimum atomic E-state index is -0.781. The highest BCUT2D eigenvalue weighted by atomic mass is 19.1. The predicted molar refractivity (Wildman–Crippen MR) is 69.5 cm³/mol. The van der Waals surface area contributed by atoms with Gasteiger partial charge in [-0.15, -0.1) is 0 Å². The highest BCUT2D eigenvalue weighted by Gasteiger charge is 2.50. The fourth-order valence-corrected chi connectivity index (χ4v) is 2.49. The first-order valence-electron chi connectivity index (χ1n) is 6.27. The molecule has 3 N–H and O–H groups in total. The highest BCUT2D eigenvalue weighted by molar-refractivity contribution is 5.89. The molecule has 0 aromatic heterocycles. The third kappa shape index (κ3) is 2.19. The van der Waals surface area contributed by atoms with Crippen LogP contribution in [0.2, 0.25) is 0 Å². The number of carbonyl (C=O) groups is 1. The van der Waals surface area contributed by atoms with Crippen LogP contribution in [0.5, 0.6) is 0 Å². The Morgan fingerprint density at radius 2 is 2.06 bits per heavy atom. The lowest BCUT2D eigenvalue weighted by molar-refractivity contribution is -0.127. The number of carbonyl (C=O) groups excluding carboxylic acids is 1. The van der Waals surface area contributed by atoms with E-state index >= 15 is 0 Å². The van der Waals surface area contributed by atoms with Gasteiger partial charge >= 0.3 is 0 Å². The van der Waals surface area contributed by atoms with E-state index in [0.29, 0.717) is 30.4 Å². The number of rotatable bonds is 4. The SMILES string of the molecule is CC(C)C1CC(Nc2ccccc2F)(C(N)=O)C1. The lowest BCUT2D eigenvalue weighted by Gasteiger charge is -2.48. The van der Waals surface area contributed by atoms with Crippen molar-refractivity contribution in [1.82, 2.24) is 0 Å². The molecule has 0 bridgehead atoms. The summed E-state index contributed by atoms with van der Waals surface area (Å²) in [5.41, 5.74) is 5.03. The number of para-hydroxylation sites is 1. The van der Waals surface area contributed by atoms with Gasteiger partial charge in [-0.3, -0.25) is 4.79 Å². The van der Waals surface area contributed by atoms with Crippen molar-refractivity contribution in [2.45, 2.75) is 32.2 Å². The molecule has 1 saturated carbocycles. The van der Waals surface area contributed by atoms with Gasteiger partial charge in [-0.05, 0) is 36.8 Å². The van der Waals surface area contributed by atoms with Gasteiger partial charge in [0.2, 0.25) is 5.91 Å². The minimum Gasteiger partial charge on any atom is -0.369 e. The first-order valence-corrected chi connectivity index (χ1v) is 6.27. The summed E-state index contributed by atoms with van der Waals surface area (Å²) in [5.74, 6) is 0.227. The summed E-state index contributed by atoms with van der Waals surface area (Å²) in [6, 6.07) is 6.35. The topological polar surface area (TPSA) is 55.1 Å². The Labute approximate surface area is 107 Å². The van der Waals surface area contributed by atoms with E-state index in [2.05, 4.69) is 19.2 Å². The number of amides is 1. The second-order valence-electron chi connectivity index (χ2n) is 5.46. The van der Waals surface area contributed by atoms with Gasteiger partial charge in [0.15, 0.2) is 0 Å². The number of halogens is 1. The summed E-state index contributed by atoms with van der Waals surface area (Å²) in [4.78, 5) is 11.6. The van der Waals surface area contributed by atoms with Crippen LogP contribution in [-0.4, -0.2) is 11.4 Å². The molecule has 4 heteroatoms. The van der Waals surface area contributed by atoms with Crippen LogP contribution in [0.4, 0.5) is 10.1 Å².